The molecule has 0 saturated heterocycles. The van der Waals surface area contributed by atoms with Gasteiger partial charge in [-0.2, -0.15) is 5.10 Å². The minimum atomic E-state index is -0.955. The summed E-state index contributed by atoms with van der Waals surface area (Å²) in [5, 5.41) is 8.05. The summed E-state index contributed by atoms with van der Waals surface area (Å²) in [7, 11) is 0. The number of benzene rings is 1. The highest BCUT2D eigenvalue weighted by Gasteiger charge is 2.48. The Labute approximate surface area is 204 Å². The second-order valence-corrected chi connectivity index (χ2v) is 10.6. The number of rotatable bonds is 7. The fraction of sp³-hybridized carbons (Fsp3) is 0.607. The third kappa shape index (κ3) is 5.37. The molecular weight excluding hydrogens is 424 g/mol. The molecule has 1 aliphatic heterocycles. The fourth-order valence-electron chi connectivity index (χ4n) is 5.32. The van der Waals surface area contributed by atoms with E-state index in [0.29, 0.717) is 18.8 Å². The molecule has 2 aromatic rings. The van der Waals surface area contributed by atoms with Crippen molar-refractivity contribution < 1.29 is 9.59 Å². The summed E-state index contributed by atoms with van der Waals surface area (Å²) in [4.78, 5) is 29.3. The van der Waals surface area contributed by atoms with E-state index < -0.39 is 5.54 Å². The first-order valence-electron chi connectivity index (χ1n) is 13.1. The number of aryl methyl sites for hydroxylation is 1. The van der Waals surface area contributed by atoms with Crippen molar-refractivity contribution in [3.63, 3.8) is 0 Å². The van der Waals surface area contributed by atoms with E-state index in [0.717, 1.165) is 44.2 Å². The van der Waals surface area contributed by atoms with Crippen LogP contribution in [0.4, 0.5) is 0 Å². The first-order valence-corrected chi connectivity index (χ1v) is 13.1. The molecule has 184 valence electrons. The predicted molar refractivity (Wildman–Crippen MR) is 135 cm³/mol. The van der Waals surface area contributed by atoms with Crippen molar-refractivity contribution in [2.24, 2.45) is 0 Å². The van der Waals surface area contributed by atoms with Gasteiger partial charge in [0.25, 0.3) is 5.91 Å². The summed E-state index contributed by atoms with van der Waals surface area (Å²) in [6, 6.07) is 12.4. The van der Waals surface area contributed by atoms with Crippen molar-refractivity contribution in [3.8, 4) is 0 Å². The van der Waals surface area contributed by atoms with Gasteiger partial charge in [0.15, 0.2) is 0 Å². The molecule has 2 amide bonds. The molecule has 1 aliphatic carbocycles. The Morgan fingerprint density at radius 3 is 2.47 bits per heavy atom. The van der Waals surface area contributed by atoms with Gasteiger partial charge in [0.2, 0.25) is 5.91 Å². The molecule has 1 saturated carbocycles. The summed E-state index contributed by atoms with van der Waals surface area (Å²) in [5.74, 6) is 0.0971. The van der Waals surface area contributed by atoms with E-state index in [-0.39, 0.29) is 23.8 Å². The molecule has 2 aliphatic rings. The van der Waals surface area contributed by atoms with Crippen LogP contribution in [0.1, 0.15) is 99.8 Å². The Bertz CT molecular complexity index is 976. The van der Waals surface area contributed by atoms with Gasteiger partial charge < -0.3 is 10.2 Å². The van der Waals surface area contributed by atoms with Crippen LogP contribution < -0.4 is 5.32 Å². The highest BCUT2D eigenvalue weighted by Crippen LogP contribution is 2.30. The lowest BCUT2D eigenvalue weighted by Crippen LogP contribution is -2.65. The van der Waals surface area contributed by atoms with Crippen LogP contribution in [0.2, 0.25) is 0 Å². The van der Waals surface area contributed by atoms with E-state index in [1.54, 1.807) is 4.68 Å². The van der Waals surface area contributed by atoms with Crippen LogP contribution in [-0.4, -0.2) is 44.6 Å². The van der Waals surface area contributed by atoms with Gasteiger partial charge in [-0.25, -0.2) is 0 Å². The number of hydrogen-bond acceptors (Lipinski definition) is 3. The number of fused-ring (bicyclic) bond motifs is 1. The maximum Gasteiger partial charge on any atom is 0.273 e. The van der Waals surface area contributed by atoms with Crippen LogP contribution in [0.3, 0.4) is 0 Å². The summed E-state index contributed by atoms with van der Waals surface area (Å²) in [6.07, 6.45) is 9.81. The van der Waals surface area contributed by atoms with Gasteiger partial charge >= 0.3 is 0 Å². The minimum absolute atomic E-state index is 0.0432. The third-order valence-corrected chi connectivity index (χ3v) is 7.53. The summed E-state index contributed by atoms with van der Waals surface area (Å²) in [5.41, 5.74) is 1.79. The number of carbonyl (C=O) groups is 2. The van der Waals surface area contributed by atoms with Crippen molar-refractivity contribution >= 4 is 11.8 Å². The molecular formula is C28H40N4O2. The molecule has 1 atom stereocenters. The Morgan fingerprint density at radius 2 is 1.79 bits per heavy atom. The zero-order valence-corrected chi connectivity index (χ0v) is 21.1. The molecule has 2 heterocycles. The lowest BCUT2D eigenvalue weighted by Gasteiger charge is -2.44. The number of hydrogen-bond donors (Lipinski definition) is 1. The highest BCUT2D eigenvalue weighted by molar-refractivity contribution is 5.99. The minimum Gasteiger partial charge on any atom is -0.351 e. The van der Waals surface area contributed by atoms with Gasteiger partial charge in [-0.3, -0.25) is 14.3 Å². The van der Waals surface area contributed by atoms with Crippen molar-refractivity contribution in [2.75, 3.05) is 6.54 Å². The monoisotopic (exact) mass is 464 g/mol. The van der Waals surface area contributed by atoms with E-state index in [1.165, 1.54) is 24.8 Å². The van der Waals surface area contributed by atoms with Gasteiger partial charge in [-0.05, 0) is 50.2 Å². The second kappa shape index (κ2) is 10.7. The van der Waals surface area contributed by atoms with Crippen LogP contribution in [0.5, 0.6) is 0 Å². The standard InChI is InChI=1S/C28H40N4O2/c1-21(2)24-19-25-26(33)31(18-12-15-22-13-8-7-9-14-22)28(3,20-32(25)30-24)27(34)29-23-16-10-5-4-6-11-17-23/h7-9,13-14,19,21,23H,4-6,10-12,15-18,20H2,1-3H3,(H,29,34). The molecule has 0 radical (unpaired) electrons. The SMILES string of the molecule is CC(C)c1cc2n(n1)CC(C)(C(=O)NC1CCCCCCC1)N(CCCc1ccccc1)C2=O. The van der Waals surface area contributed by atoms with Crippen molar-refractivity contribution in [2.45, 2.75) is 103 Å². The highest BCUT2D eigenvalue weighted by atomic mass is 16.2. The predicted octanol–water partition coefficient (Wildman–Crippen LogP) is 5.08. The Morgan fingerprint density at radius 1 is 1.12 bits per heavy atom. The molecule has 0 bridgehead atoms. The number of nitrogens with one attached hydrogen (secondary N) is 1. The summed E-state index contributed by atoms with van der Waals surface area (Å²) < 4.78 is 1.77. The topological polar surface area (TPSA) is 67.2 Å². The van der Waals surface area contributed by atoms with Crippen LogP contribution in [0.15, 0.2) is 36.4 Å². The number of nitrogens with zero attached hydrogens (tertiary/aromatic N) is 3. The van der Waals surface area contributed by atoms with E-state index in [1.807, 2.05) is 36.1 Å². The maximum atomic E-state index is 13.8. The molecule has 1 fully saturated rings. The number of amides is 2. The normalized spacial score (nSPS) is 21.8. The molecule has 4 rings (SSSR count). The number of aromatic nitrogens is 2. The fourth-order valence-corrected chi connectivity index (χ4v) is 5.32. The van der Waals surface area contributed by atoms with Crippen LogP contribution in [-0.2, 0) is 17.8 Å². The summed E-state index contributed by atoms with van der Waals surface area (Å²) in [6.45, 7) is 7.02. The Hall–Kier alpha value is -2.63. The molecule has 1 aromatic heterocycles. The van der Waals surface area contributed by atoms with Crippen LogP contribution in [0.25, 0.3) is 0 Å². The largest absolute Gasteiger partial charge is 0.351 e. The smallest absolute Gasteiger partial charge is 0.273 e. The van der Waals surface area contributed by atoms with Gasteiger partial charge in [-0.15, -0.1) is 0 Å². The van der Waals surface area contributed by atoms with Crippen molar-refractivity contribution in [3.05, 3.63) is 53.3 Å². The zero-order valence-electron chi connectivity index (χ0n) is 21.1. The lowest BCUT2D eigenvalue weighted by molar-refractivity contribution is -0.134. The quantitative estimate of drug-likeness (QED) is 0.621. The first kappa shape index (κ1) is 24.5. The molecule has 0 spiro atoms. The van der Waals surface area contributed by atoms with E-state index in [4.69, 9.17) is 5.10 Å². The van der Waals surface area contributed by atoms with E-state index >= 15 is 0 Å². The average molecular weight is 465 g/mol. The Kier molecular flexibility index (Phi) is 7.74. The molecule has 1 unspecified atom stereocenters. The molecule has 34 heavy (non-hydrogen) atoms. The van der Waals surface area contributed by atoms with Gasteiger partial charge in [0.1, 0.15) is 11.2 Å². The van der Waals surface area contributed by atoms with E-state index in [9.17, 15) is 9.59 Å². The lowest BCUT2D eigenvalue weighted by atomic mass is 9.92. The summed E-state index contributed by atoms with van der Waals surface area (Å²) >= 11 is 0. The molecule has 6 nitrogen and oxygen atoms in total. The van der Waals surface area contributed by atoms with Gasteiger partial charge in [0.05, 0.1) is 12.2 Å². The van der Waals surface area contributed by atoms with Crippen LogP contribution >= 0.6 is 0 Å². The Balaban J connectivity index is 1.56. The van der Waals surface area contributed by atoms with Gasteiger partial charge in [0, 0.05) is 12.6 Å². The molecule has 1 aromatic carbocycles. The van der Waals surface area contributed by atoms with Crippen LogP contribution in [0, 0.1) is 0 Å². The number of carbonyl (C=O) groups excluding carboxylic acids is 2. The average Bonchev–Trinajstić information content (AvgIpc) is 3.22. The van der Waals surface area contributed by atoms with Crippen molar-refractivity contribution in [1.29, 1.82) is 0 Å². The van der Waals surface area contributed by atoms with Gasteiger partial charge in [-0.1, -0.05) is 76.3 Å². The molecule has 1 N–H and O–H groups in total. The third-order valence-electron chi connectivity index (χ3n) is 7.53. The first-order chi connectivity index (χ1) is 16.4. The van der Waals surface area contributed by atoms with E-state index in [2.05, 4.69) is 31.3 Å². The van der Waals surface area contributed by atoms with Crippen molar-refractivity contribution in [1.82, 2.24) is 20.0 Å². The zero-order chi connectivity index (χ0) is 24.1. The molecule has 6 heteroatoms. The second-order valence-electron chi connectivity index (χ2n) is 10.6. The maximum absolute atomic E-state index is 13.8.